The van der Waals surface area contributed by atoms with Gasteiger partial charge in [0.2, 0.25) is 0 Å². The Hall–Kier alpha value is -2.83. The summed E-state index contributed by atoms with van der Waals surface area (Å²) < 4.78 is 13.6. The number of aromatic nitrogens is 1. The van der Waals surface area contributed by atoms with E-state index >= 15 is 0 Å². The van der Waals surface area contributed by atoms with Gasteiger partial charge in [-0.05, 0) is 25.1 Å². The highest BCUT2D eigenvalue weighted by Gasteiger charge is 2.17. The minimum absolute atomic E-state index is 0.345. The van der Waals surface area contributed by atoms with Crippen molar-refractivity contribution in [1.29, 1.82) is 0 Å². The minimum atomic E-state index is -0.820. The summed E-state index contributed by atoms with van der Waals surface area (Å²) in [5, 5.41) is 13.1. The van der Waals surface area contributed by atoms with Gasteiger partial charge in [-0.3, -0.25) is 19.9 Å². The lowest BCUT2D eigenvalue weighted by Gasteiger charge is -2.06. The fourth-order valence-electron chi connectivity index (χ4n) is 1.62. The Labute approximate surface area is 113 Å². The smallest absolute Gasteiger partial charge is 0.270 e. The van der Waals surface area contributed by atoms with Crippen molar-refractivity contribution in [2.45, 2.75) is 6.92 Å². The fraction of sp³-hybridized carbons (Fsp3) is 0.0769. The Balaban J connectivity index is 2.29. The summed E-state index contributed by atoms with van der Waals surface area (Å²) in [6.45, 7) is 1.74. The lowest BCUT2D eigenvalue weighted by molar-refractivity contribution is -0.384. The molecular weight excluding hydrogens is 265 g/mol. The molecule has 7 heteroatoms. The first kappa shape index (κ1) is 13.6. The maximum absolute atomic E-state index is 13.6. The summed E-state index contributed by atoms with van der Waals surface area (Å²) in [5.41, 5.74) is 0.395. The number of carbonyl (C=O) groups is 1. The molecule has 1 heterocycles. The maximum atomic E-state index is 13.6. The van der Waals surface area contributed by atoms with Gasteiger partial charge in [-0.15, -0.1) is 0 Å². The zero-order valence-corrected chi connectivity index (χ0v) is 10.5. The number of halogens is 1. The van der Waals surface area contributed by atoms with Crippen molar-refractivity contribution in [2.75, 3.05) is 5.32 Å². The van der Waals surface area contributed by atoms with Crippen LogP contribution in [0.5, 0.6) is 0 Å². The zero-order chi connectivity index (χ0) is 14.7. The average Bonchev–Trinajstić information content (AvgIpc) is 2.38. The largest absolute Gasteiger partial charge is 0.322 e. The minimum Gasteiger partial charge on any atom is -0.322 e. The summed E-state index contributed by atoms with van der Waals surface area (Å²) in [7, 11) is 0. The number of nitro groups is 1. The average molecular weight is 275 g/mol. The summed E-state index contributed by atoms with van der Waals surface area (Å²) in [4.78, 5) is 25.8. The predicted octanol–water partition coefficient (Wildman–Crippen LogP) is 2.69. The Morgan fingerprint density at radius 2 is 2.10 bits per heavy atom. The van der Waals surface area contributed by atoms with Gasteiger partial charge in [-0.2, -0.15) is 0 Å². The molecule has 2 aromatic rings. The van der Waals surface area contributed by atoms with E-state index in [4.69, 9.17) is 0 Å². The van der Waals surface area contributed by atoms with Crippen molar-refractivity contribution in [1.82, 2.24) is 4.98 Å². The fourth-order valence-corrected chi connectivity index (χ4v) is 1.62. The standard InChI is InChI=1S/C13H10FN3O3/c1-8-6-9(4-5-15-8)16-13(18)11-7-10(17(19)20)2-3-12(11)14/h2-7H,1H3,(H,15,16,18). The Morgan fingerprint density at radius 1 is 1.35 bits per heavy atom. The SMILES string of the molecule is Cc1cc(NC(=O)c2cc([N+](=O)[O-])ccc2F)ccn1. The van der Waals surface area contributed by atoms with E-state index in [0.29, 0.717) is 11.4 Å². The molecule has 0 aliphatic carbocycles. The van der Waals surface area contributed by atoms with Crippen LogP contribution in [0.2, 0.25) is 0 Å². The van der Waals surface area contributed by atoms with Crippen LogP contribution in [-0.4, -0.2) is 15.8 Å². The molecule has 1 amide bonds. The van der Waals surface area contributed by atoms with E-state index < -0.39 is 16.6 Å². The Morgan fingerprint density at radius 3 is 2.75 bits per heavy atom. The van der Waals surface area contributed by atoms with Gasteiger partial charge in [0, 0.05) is 29.7 Å². The molecule has 1 aromatic heterocycles. The van der Waals surface area contributed by atoms with E-state index in [-0.39, 0.29) is 11.3 Å². The van der Waals surface area contributed by atoms with Crippen molar-refractivity contribution in [3.63, 3.8) is 0 Å². The third kappa shape index (κ3) is 2.94. The van der Waals surface area contributed by atoms with E-state index in [1.807, 2.05) is 0 Å². The van der Waals surface area contributed by atoms with Crippen LogP contribution in [0.1, 0.15) is 16.1 Å². The Kier molecular flexibility index (Phi) is 3.69. The second-order valence-corrected chi connectivity index (χ2v) is 4.06. The van der Waals surface area contributed by atoms with Crippen molar-refractivity contribution in [3.8, 4) is 0 Å². The number of nitrogens with zero attached hydrogens (tertiary/aromatic N) is 2. The zero-order valence-electron chi connectivity index (χ0n) is 10.5. The molecule has 102 valence electrons. The number of anilines is 1. The number of benzene rings is 1. The molecule has 0 aliphatic heterocycles. The number of aryl methyl sites for hydroxylation is 1. The lowest BCUT2D eigenvalue weighted by atomic mass is 10.1. The number of carbonyl (C=O) groups excluding carboxylic acids is 1. The van der Waals surface area contributed by atoms with Crippen LogP contribution in [0.15, 0.2) is 36.5 Å². The molecule has 0 atom stereocenters. The number of hydrogen-bond donors (Lipinski definition) is 1. The number of rotatable bonds is 3. The van der Waals surface area contributed by atoms with Gasteiger partial charge in [0.25, 0.3) is 11.6 Å². The number of nitro benzene ring substituents is 1. The first-order chi connectivity index (χ1) is 9.47. The number of hydrogen-bond acceptors (Lipinski definition) is 4. The molecule has 0 bridgehead atoms. The quantitative estimate of drug-likeness (QED) is 0.689. The van der Waals surface area contributed by atoms with Crippen LogP contribution >= 0.6 is 0 Å². The van der Waals surface area contributed by atoms with Crippen molar-refractivity contribution >= 4 is 17.3 Å². The van der Waals surface area contributed by atoms with Crippen LogP contribution in [0.25, 0.3) is 0 Å². The van der Waals surface area contributed by atoms with E-state index in [2.05, 4.69) is 10.3 Å². The molecule has 6 nitrogen and oxygen atoms in total. The highest BCUT2D eigenvalue weighted by atomic mass is 19.1. The lowest BCUT2D eigenvalue weighted by Crippen LogP contribution is -2.14. The van der Waals surface area contributed by atoms with Gasteiger partial charge in [0.05, 0.1) is 10.5 Å². The predicted molar refractivity (Wildman–Crippen MR) is 70.0 cm³/mol. The number of pyridine rings is 1. The number of non-ortho nitro benzene ring substituents is 1. The highest BCUT2D eigenvalue weighted by Crippen LogP contribution is 2.18. The van der Waals surface area contributed by atoms with Crippen LogP contribution in [0.3, 0.4) is 0 Å². The van der Waals surface area contributed by atoms with Gasteiger partial charge >= 0.3 is 0 Å². The number of nitrogens with one attached hydrogen (secondary N) is 1. The van der Waals surface area contributed by atoms with Gasteiger partial charge in [0.15, 0.2) is 0 Å². The van der Waals surface area contributed by atoms with E-state index in [9.17, 15) is 19.3 Å². The van der Waals surface area contributed by atoms with Crippen molar-refractivity contribution < 1.29 is 14.1 Å². The van der Waals surface area contributed by atoms with Crippen molar-refractivity contribution in [3.05, 3.63) is 63.7 Å². The normalized spacial score (nSPS) is 10.1. The molecule has 1 aromatic carbocycles. The van der Waals surface area contributed by atoms with Gasteiger partial charge in [-0.1, -0.05) is 0 Å². The van der Waals surface area contributed by atoms with E-state index in [0.717, 1.165) is 18.2 Å². The molecule has 20 heavy (non-hydrogen) atoms. The molecule has 0 aliphatic rings. The monoisotopic (exact) mass is 275 g/mol. The molecule has 0 unspecified atom stereocenters. The van der Waals surface area contributed by atoms with E-state index in [1.165, 1.54) is 6.20 Å². The molecule has 0 radical (unpaired) electrons. The van der Waals surface area contributed by atoms with Gasteiger partial charge < -0.3 is 5.32 Å². The summed E-state index contributed by atoms with van der Waals surface area (Å²) in [5.74, 6) is -1.57. The summed E-state index contributed by atoms with van der Waals surface area (Å²) >= 11 is 0. The molecule has 0 fully saturated rings. The maximum Gasteiger partial charge on any atom is 0.270 e. The van der Waals surface area contributed by atoms with Crippen LogP contribution in [-0.2, 0) is 0 Å². The number of amides is 1. The second kappa shape index (κ2) is 5.43. The van der Waals surface area contributed by atoms with Gasteiger partial charge in [-0.25, -0.2) is 4.39 Å². The van der Waals surface area contributed by atoms with Crippen molar-refractivity contribution in [2.24, 2.45) is 0 Å². The molecule has 0 spiro atoms. The first-order valence-corrected chi connectivity index (χ1v) is 5.65. The molecule has 1 N–H and O–H groups in total. The molecule has 2 rings (SSSR count). The first-order valence-electron chi connectivity index (χ1n) is 5.65. The second-order valence-electron chi connectivity index (χ2n) is 4.06. The van der Waals surface area contributed by atoms with Gasteiger partial charge in [0.1, 0.15) is 5.82 Å². The molecule has 0 saturated heterocycles. The highest BCUT2D eigenvalue weighted by molar-refractivity contribution is 6.04. The third-order valence-electron chi connectivity index (χ3n) is 2.56. The Bertz CT molecular complexity index is 688. The topological polar surface area (TPSA) is 85.1 Å². The summed E-state index contributed by atoms with van der Waals surface area (Å²) in [6, 6.07) is 5.94. The molecule has 0 saturated carbocycles. The summed E-state index contributed by atoms with van der Waals surface area (Å²) in [6.07, 6.45) is 1.49. The third-order valence-corrected chi connectivity index (χ3v) is 2.56. The van der Waals surface area contributed by atoms with Crippen LogP contribution in [0.4, 0.5) is 15.8 Å². The molecular formula is C13H10FN3O3. The van der Waals surface area contributed by atoms with Crippen LogP contribution in [0, 0.1) is 22.9 Å². The van der Waals surface area contributed by atoms with Crippen LogP contribution < -0.4 is 5.32 Å². The van der Waals surface area contributed by atoms with E-state index in [1.54, 1.807) is 19.1 Å².